The monoisotopic (exact) mass is 560 g/mol. The summed E-state index contributed by atoms with van der Waals surface area (Å²) in [4.78, 5) is 37.0. The molecule has 2 amide bonds. The van der Waals surface area contributed by atoms with Gasteiger partial charge in [-0.2, -0.15) is 0 Å². The highest BCUT2D eigenvalue weighted by atomic mass is 35.5. The Labute approximate surface area is 232 Å². The van der Waals surface area contributed by atoms with Crippen molar-refractivity contribution in [3.8, 4) is 22.8 Å². The normalized spacial score (nSPS) is 20.7. The first-order valence-electron chi connectivity index (χ1n) is 13.2. The number of carbonyl (C=O) groups excluding carboxylic acids is 2. The molecule has 3 aliphatic heterocycles. The van der Waals surface area contributed by atoms with Gasteiger partial charge in [-0.3, -0.25) is 4.79 Å². The maximum absolute atomic E-state index is 15.0. The lowest BCUT2D eigenvalue weighted by Crippen LogP contribution is -2.58. The van der Waals surface area contributed by atoms with E-state index in [0.717, 1.165) is 12.8 Å². The second kappa shape index (κ2) is 9.73. The number of fused-ring (bicyclic) bond motifs is 2. The standard InChI is InChI=1S/C28H34ClFN4O5/c1-27(2,3)39-26(37)32-12-13-33-16(14-32)15-38-23-20(25(33)36)24(34-11-7-10-28(34,4)5)31-22(21(23)29)19-17(30)8-6-9-18(19)35/h6,8-9,16,35H,7,10-15H2,1-5H3/t16-/m1/s1. The fraction of sp³-hybridized carbons (Fsp3) is 0.536. The number of aromatic hydroxyl groups is 1. The molecular weight excluding hydrogens is 527 g/mol. The van der Waals surface area contributed by atoms with E-state index in [-0.39, 0.29) is 64.5 Å². The average molecular weight is 561 g/mol. The van der Waals surface area contributed by atoms with E-state index in [4.69, 9.17) is 26.1 Å². The predicted octanol–water partition coefficient (Wildman–Crippen LogP) is 5.08. The number of ether oxygens (including phenoxy) is 2. The Hall–Kier alpha value is -3.27. The minimum absolute atomic E-state index is 0.00627. The number of halogens is 2. The molecule has 1 N–H and O–H groups in total. The van der Waals surface area contributed by atoms with Gasteiger partial charge in [0, 0.05) is 31.7 Å². The van der Waals surface area contributed by atoms with Crippen molar-refractivity contribution in [2.24, 2.45) is 0 Å². The zero-order valence-corrected chi connectivity index (χ0v) is 23.6. The van der Waals surface area contributed by atoms with Crippen LogP contribution in [0.25, 0.3) is 11.3 Å². The van der Waals surface area contributed by atoms with Gasteiger partial charge in [0.2, 0.25) is 0 Å². The lowest BCUT2D eigenvalue weighted by atomic mass is 10.0. The molecule has 2 aromatic rings. The van der Waals surface area contributed by atoms with Gasteiger partial charge in [-0.15, -0.1) is 0 Å². The smallest absolute Gasteiger partial charge is 0.410 e. The van der Waals surface area contributed by atoms with E-state index < -0.39 is 23.6 Å². The summed E-state index contributed by atoms with van der Waals surface area (Å²) in [5, 5.41) is 10.5. The van der Waals surface area contributed by atoms with E-state index in [9.17, 15) is 14.7 Å². The maximum Gasteiger partial charge on any atom is 0.410 e. The molecule has 0 spiro atoms. The van der Waals surface area contributed by atoms with Gasteiger partial charge in [0.15, 0.2) is 5.75 Å². The molecule has 210 valence electrons. The van der Waals surface area contributed by atoms with E-state index >= 15 is 4.39 Å². The third-order valence-corrected chi connectivity index (χ3v) is 7.84. The van der Waals surface area contributed by atoms with Crippen LogP contribution in [0.1, 0.15) is 57.8 Å². The summed E-state index contributed by atoms with van der Waals surface area (Å²) in [5.74, 6) is -0.879. The number of phenols is 1. The summed E-state index contributed by atoms with van der Waals surface area (Å²) >= 11 is 6.80. The highest BCUT2D eigenvalue weighted by Crippen LogP contribution is 2.48. The van der Waals surface area contributed by atoms with Gasteiger partial charge in [-0.05, 0) is 59.6 Å². The SMILES string of the molecule is CC(C)(C)OC(=O)N1CCN2C(=O)c3c(N4CCCC4(C)C)nc(-c4c(O)cccc4F)c(Cl)c3OC[C@H]2C1. The molecule has 0 unspecified atom stereocenters. The van der Waals surface area contributed by atoms with Gasteiger partial charge in [0.05, 0.1) is 11.6 Å². The van der Waals surface area contributed by atoms with Gasteiger partial charge >= 0.3 is 6.09 Å². The molecule has 0 bridgehead atoms. The van der Waals surface area contributed by atoms with Crippen LogP contribution < -0.4 is 9.64 Å². The number of amides is 2. The van der Waals surface area contributed by atoms with Gasteiger partial charge < -0.3 is 29.3 Å². The van der Waals surface area contributed by atoms with Gasteiger partial charge in [0.1, 0.15) is 45.9 Å². The van der Waals surface area contributed by atoms with E-state index in [0.29, 0.717) is 18.9 Å². The first-order chi connectivity index (χ1) is 18.3. The number of phenolic OH excluding ortho intramolecular Hbond substituents is 1. The molecular formula is C28H34ClFN4O5. The van der Waals surface area contributed by atoms with Crippen LogP contribution in [0.3, 0.4) is 0 Å². The van der Waals surface area contributed by atoms with Crippen LogP contribution in [-0.4, -0.2) is 81.9 Å². The summed E-state index contributed by atoms with van der Waals surface area (Å²) in [6.45, 7) is 11.0. The number of pyridine rings is 1. The van der Waals surface area contributed by atoms with Crippen molar-refractivity contribution >= 4 is 29.4 Å². The number of rotatable bonds is 2. The van der Waals surface area contributed by atoms with Crippen LogP contribution in [0.4, 0.5) is 15.0 Å². The van der Waals surface area contributed by atoms with Crippen molar-refractivity contribution in [3.05, 3.63) is 34.6 Å². The molecule has 9 nitrogen and oxygen atoms in total. The number of benzene rings is 1. The molecule has 11 heteroatoms. The molecule has 4 heterocycles. The number of hydrogen-bond donors (Lipinski definition) is 1. The number of piperazine rings is 1. The molecule has 0 aliphatic carbocycles. The molecule has 0 radical (unpaired) electrons. The summed E-state index contributed by atoms with van der Waals surface area (Å²) in [6.07, 6.45) is 1.31. The van der Waals surface area contributed by atoms with Crippen LogP contribution in [0.15, 0.2) is 18.2 Å². The topological polar surface area (TPSA) is 95.4 Å². The minimum Gasteiger partial charge on any atom is -0.507 e. The summed E-state index contributed by atoms with van der Waals surface area (Å²) in [7, 11) is 0. The lowest BCUT2D eigenvalue weighted by Gasteiger charge is -2.40. The molecule has 2 saturated heterocycles. The fourth-order valence-electron chi connectivity index (χ4n) is 5.55. The molecule has 39 heavy (non-hydrogen) atoms. The van der Waals surface area contributed by atoms with Crippen LogP contribution in [0.5, 0.6) is 11.5 Å². The van der Waals surface area contributed by atoms with Crippen LogP contribution >= 0.6 is 11.6 Å². The Kier molecular flexibility index (Phi) is 6.81. The van der Waals surface area contributed by atoms with Crippen molar-refractivity contribution in [1.29, 1.82) is 0 Å². The fourth-order valence-corrected chi connectivity index (χ4v) is 5.83. The van der Waals surface area contributed by atoms with Crippen molar-refractivity contribution in [1.82, 2.24) is 14.8 Å². The number of aromatic nitrogens is 1. The molecule has 0 saturated carbocycles. The Morgan fingerprint density at radius 2 is 1.97 bits per heavy atom. The van der Waals surface area contributed by atoms with E-state index in [1.165, 1.54) is 18.2 Å². The third kappa shape index (κ3) is 4.95. The molecule has 1 aromatic heterocycles. The van der Waals surface area contributed by atoms with Crippen molar-refractivity contribution in [3.63, 3.8) is 0 Å². The van der Waals surface area contributed by atoms with Crippen molar-refractivity contribution in [2.45, 2.75) is 64.6 Å². The number of nitrogens with zero attached hydrogens (tertiary/aromatic N) is 4. The van der Waals surface area contributed by atoms with Gasteiger partial charge in [0.25, 0.3) is 5.91 Å². The summed E-state index contributed by atoms with van der Waals surface area (Å²) in [5.41, 5.74) is -0.914. The first-order valence-corrected chi connectivity index (χ1v) is 13.6. The van der Waals surface area contributed by atoms with Crippen LogP contribution in [0, 0.1) is 5.82 Å². The summed E-state index contributed by atoms with van der Waals surface area (Å²) < 4.78 is 26.8. The lowest BCUT2D eigenvalue weighted by molar-refractivity contribution is 0.000952. The highest BCUT2D eigenvalue weighted by molar-refractivity contribution is 6.35. The summed E-state index contributed by atoms with van der Waals surface area (Å²) in [6, 6.07) is 3.52. The predicted molar refractivity (Wildman–Crippen MR) is 145 cm³/mol. The van der Waals surface area contributed by atoms with E-state index in [1.54, 1.807) is 30.6 Å². The molecule has 1 aromatic carbocycles. The third-order valence-electron chi connectivity index (χ3n) is 7.49. The van der Waals surface area contributed by atoms with Crippen LogP contribution in [0.2, 0.25) is 5.02 Å². The Morgan fingerprint density at radius 3 is 2.62 bits per heavy atom. The maximum atomic E-state index is 15.0. The largest absolute Gasteiger partial charge is 0.507 e. The van der Waals surface area contributed by atoms with Crippen molar-refractivity contribution < 1.29 is 28.6 Å². The van der Waals surface area contributed by atoms with Crippen LogP contribution in [-0.2, 0) is 4.74 Å². The highest BCUT2D eigenvalue weighted by Gasteiger charge is 2.44. The van der Waals surface area contributed by atoms with Gasteiger partial charge in [-0.25, -0.2) is 14.2 Å². The van der Waals surface area contributed by atoms with Gasteiger partial charge in [-0.1, -0.05) is 17.7 Å². The minimum atomic E-state index is -0.693. The number of carbonyl (C=O) groups is 2. The quantitative estimate of drug-likeness (QED) is 0.547. The average Bonchev–Trinajstić information content (AvgIpc) is 3.12. The second-order valence-electron chi connectivity index (χ2n) is 11.9. The molecule has 3 aliphatic rings. The Bertz CT molecular complexity index is 1310. The Morgan fingerprint density at radius 1 is 1.23 bits per heavy atom. The number of anilines is 1. The second-order valence-corrected chi connectivity index (χ2v) is 12.3. The Balaban J connectivity index is 1.60. The molecule has 5 rings (SSSR count). The zero-order chi connectivity index (χ0) is 28.3. The number of hydrogen-bond acceptors (Lipinski definition) is 7. The molecule has 2 fully saturated rings. The zero-order valence-electron chi connectivity index (χ0n) is 22.9. The van der Waals surface area contributed by atoms with E-state index in [2.05, 4.69) is 13.8 Å². The molecule has 1 atom stereocenters. The first kappa shape index (κ1) is 27.3. The van der Waals surface area contributed by atoms with E-state index in [1.807, 2.05) is 4.90 Å². The van der Waals surface area contributed by atoms with Crippen molar-refractivity contribution in [2.75, 3.05) is 37.7 Å².